The highest BCUT2D eigenvalue weighted by molar-refractivity contribution is 8.18. The Labute approximate surface area is 140 Å². The molecule has 5 nitrogen and oxygen atoms in total. The number of nitrogens with one attached hydrogen (secondary N) is 1. The lowest BCUT2D eigenvalue weighted by molar-refractivity contribution is -0.112. The summed E-state index contributed by atoms with van der Waals surface area (Å²) in [6.45, 7) is 3.77. The number of thioether (sulfide) groups is 1. The summed E-state index contributed by atoms with van der Waals surface area (Å²) in [6.07, 6.45) is 4.36. The molecule has 114 valence electrons. The Morgan fingerprint density at radius 3 is 2.90 bits per heavy atom. The van der Waals surface area contributed by atoms with Gasteiger partial charge in [0.15, 0.2) is 5.17 Å². The molecule has 0 saturated heterocycles. The van der Waals surface area contributed by atoms with E-state index in [4.69, 9.17) is 0 Å². The van der Waals surface area contributed by atoms with Crippen molar-refractivity contribution < 1.29 is 4.79 Å². The van der Waals surface area contributed by atoms with E-state index >= 15 is 0 Å². The second-order valence-corrected chi connectivity index (χ2v) is 5.36. The molecule has 0 atom stereocenters. The van der Waals surface area contributed by atoms with Crippen molar-refractivity contribution in [2.45, 2.75) is 13.3 Å². The number of fused-ring (bicyclic) bond motifs is 1. The summed E-state index contributed by atoms with van der Waals surface area (Å²) < 4.78 is 0. The number of pyridine rings is 1. The van der Waals surface area contributed by atoms with Crippen molar-refractivity contribution in [1.82, 2.24) is 9.88 Å². The summed E-state index contributed by atoms with van der Waals surface area (Å²) in [7, 11) is 0. The zero-order chi connectivity index (χ0) is 13.2. The first-order chi connectivity index (χ1) is 9.25. The number of amides is 1. The fraction of sp³-hybridized carbons (Fsp3) is 0.308. The van der Waals surface area contributed by atoms with Crippen molar-refractivity contribution in [1.29, 1.82) is 0 Å². The summed E-state index contributed by atoms with van der Waals surface area (Å²) in [6, 6.07) is 3.62. The molecule has 1 amide bonds. The molecular weight excluding hydrogens is 331 g/mol. The fourth-order valence-corrected chi connectivity index (χ4v) is 3.18. The van der Waals surface area contributed by atoms with Crippen LogP contribution in [0.3, 0.4) is 0 Å². The van der Waals surface area contributed by atoms with E-state index in [2.05, 4.69) is 20.2 Å². The first-order valence-electron chi connectivity index (χ1n) is 6.18. The third kappa shape index (κ3) is 3.70. The van der Waals surface area contributed by atoms with Gasteiger partial charge in [-0.3, -0.25) is 14.8 Å². The van der Waals surface area contributed by atoms with E-state index in [-0.39, 0.29) is 30.7 Å². The molecule has 1 N–H and O–H groups in total. The lowest BCUT2D eigenvalue weighted by Crippen LogP contribution is -2.28. The molecule has 1 aromatic heterocycles. The van der Waals surface area contributed by atoms with Crippen molar-refractivity contribution in [3.05, 3.63) is 35.1 Å². The minimum Gasteiger partial charge on any atom is -0.324 e. The number of amidine groups is 1. The molecule has 1 aromatic rings. The van der Waals surface area contributed by atoms with E-state index in [0.29, 0.717) is 5.69 Å². The zero-order valence-corrected chi connectivity index (χ0v) is 13.9. The number of aliphatic imine (C=N–C) groups is 1. The van der Waals surface area contributed by atoms with Crippen molar-refractivity contribution in [3.8, 4) is 0 Å². The molecule has 0 saturated carbocycles. The smallest absolute Gasteiger partial charge is 0.264 e. The molecule has 2 aliphatic heterocycles. The molecule has 0 fully saturated rings. The second kappa shape index (κ2) is 7.68. The van der Waals surface area contributed by atoms with Gasteiger partial charge in [-0.25, -0.2) is 0 Å². The van der Waals surface area contributed by atoms with Crippen LogP contribution in [0.15, 0.2) is 40.1 Å². The van der Waals surface area contributed by atoms with Crippen LogP contribution in [0.4, 0.5) is 5.69 Å². The molecule has 8 heteroatoms. The highest BCUT2D eigenvalue weighted by Crippen LogP contribution is 2.36. The van der Waals surface area contributed by atoms with E-state index in [1.807, 2.05) is 13.0 Å². The summed E-state index contributed by atoms with van der Waals surface area (Å²) in [4.78, 5) is 23.6. The molecule has 0 aromatic carbocycles. The number of allylic oxidation sites excluding steroid dienone is 1. The van der Waals surface area contributed by atoms with Gasteiger partial charge < -0.3 is 10.2 Å². The third-order valence-electron chi connectivity index (χ3n) is 3.07. The Kier molecular flexibility index (Phi) is 6.51. The van der Waals surface area contributed by atoms with Gasteiger partial charge >= 0.3 is 0 Å². The molecule has 0 aliphatic carbocycles. The minimum atomic E-state index is -0.0902. The molecule has 21 heavy (non-hydrogen) atoms. The van der Waals surface area contributed by atoms with Crippen LogP contribution >= 0.6 is 36.6 Å². The SMILES string of the molecule is CC1=C(C(=O)Nc2cccnc2)SC2=NCCCN21.Cl.Cl. The van der Waals surface area contributed by atoms with Crippen molar-refractivity contribution in [2.75, 3.05) is 18.4 Å². The summed E-state index contributed by atoms with van der Waals surface area (Å²) in [5.41, 5.74) is 1.70. The Morgan fingerprint density at radius 2 is 2.24 bits per heavy atom. The monoisotopic (exact) mass is 346 g/mol. The van der Waals surface area contributed by atoms with Gasteiger partial charge in [-0.2, -0.15) is 0 Å². The van der Waals surface area contributed by atoms with Gasteiger partial charge in [0.25, 0.3) is 5.91 Å². The highest BCUT2D eigenvalue weighted by Gasteiger charge is 2.31. The standard InChI is InChI=1S/C13H14N4OS.2ClH/c1-9-11(19-13-15-6-3-7-17(9)13)12(18)16-10-4-2-5-14-8-10;;/h2,4-5,8H,3,6-7H2,1H3,(H,16,18);2*1H. The molecule has 2 aliphatic rings. The summed E-state index contributed by atoms with van der Waals surface area (Å²) in [5.74, 6) is -0.0902. The van der Waals surface area contributed by atoms with Crippen molar-refractivity contribution in [3.63, 3.8) is 0 Å². The van der Waals surface area contributed by atoms with Gasteiger partial charge in [-0.15, -0.1) is 24.8 Å². The number of halogens is 2. The predicted octanol–water partition coefficient (Wildman–Crippen LogP) is 2.90. The maximum absolute atomic E-state index is 12.3. The van der Waals surface area contributed by atoms with Crippen LogP contribution in [0.25, 0.3) is 0 Å². The van der Waals surface area contributed by atoms with Gasteiger partial charge in [-0.05, 0) is 37.2 Å². The Balaban J connectivity index is 0.00000110. The zero-order valence-electron chi connectivity index (χ0n) is 11.4. The van der Waals surface area contributed by atoms with E-state index in [9.17, 15) is 4.79 Å². The molecule has 0 radical (unpaired) electrons. The van der Waals surface area contributed by atoms with Crippen LogP contribution in [-0.4, -0.2) is 34.0 Å². The number of carbonyl (C=O) groups excluding carboxylic acids is 1. The van der Waals surface area contributed by atoms with E-state index in [1.165, 1.54) is 11.8 Å². The average molecular weight is 347 g/mol. The molecule has 0 unspecified atom stereocenters. The Bertz CT molecular complexity index is 577. The maximum Gasteiger partial charge on any atom is 0.264 e. The van der Waals surface area contributed by atoms with Gasteiger partial charge in [0, 0.05) is 25.0 Å². The number of anilines is 1. The van der Waals surface area contributed by atoms with Gasteiger partial charge in [0.1, 0.15) is 0 Å². The van der Waals surface area contributed by atoms with Crippen LogP contribution in [-0.2, 0) is 4.79 Å². The first-order valence-corrected chi connectivity index (χ1v) is 6.99. The fourth-order valence-electron chi connectivity index (χ4n) is 2.11. The van der Waals surface area contributed by atoms with Crippen LogP contribution in [0.1, 0.15) is 13.3 Å². The Hall–Kier alpha value is -1.24. The first kappa shape index (κ1) is 17.8. The van der Waals surface area contributed by atoms with E-state index in [1.54, 1.807) is 18.5 Å². The average Bonchev–Trinajstić information content (AvgIpc) is 2.78. The Morgan fingerprint density at radius 1 is 1.43 bits per heavy atom. The number of nitrogens with zero attached hydrogens (tertiary/aromatic N) is 3. The molecule has 3 rings (SSSR count). The molecular formula is C13H16Cl2N4OS. The topological polar surface area (TPSA) is 57.6 Å². The molecule has 0 spiro atoms. The lowest BCUT2D eigenvalue weighted by atomic mass is 10.3. The van der Waals surface area contributed by atoms with Crippen LogP contribution in [0.5, 0.6) is 0 Å². The molecule has 0 bridgehead atoms. The number of hydrogen-bond acceptors (Lipinski definition) is 5. The van der Waals surface area contributed by atoms with Gasteiger partial charge in [-0.1, -0.05) is 0 Å². The van der Waals surface area contributed by atoms with Crippen LogP contribution in [0, 0.1) is 0 Å². The number of aromatic nitrogens is 1. The van der Waals surface area contributed by atoms with E-state index in [0.717, 1.165) is 35.3 Å². The lowest BCUT2D eigenvalue weighted by Gasteiger charge is -2.23. The third-order valence-corrected chi connectivity index (χ3v) is 4.29. The predicted molar refractivity (Wildman–Crippen MR) is 91.3 cm³/mol. The quantitative estimate of drug-likeness (QED) is 0.894. The maximum atomic E-state index is 12.3. The summed E-state index contributed by atoms with van der Waals surface area (Å²) >= 11 is 1.45. The number of hydrogen-bond donors (Lipinski definition) is 1. The number of rotatable bonds is 2. The molecule has 3 heterocycles. The van der Waals surface area contributed by atoms with Crippen LogP contribution < -0.4 is 5.32 Å². The largest absolute Gasteiger partial charge is 0.324 e. The second-order valence-electron chi connectivity index (χ2n) is 4.38. The van der Waals surface area contributed by atoms with Crippen molar-refractivity contribution in [2.24, 2.45) is 4.99 Å². The van der Waals surface area contributed by atoms with E-state index < -0.39 is 0 Å². The highest BCUT2D eigenvalue weighted by atomic mass is 35.5. The minimum absolute atomic E-state index is 0. The van der Waals surface area contributed by atoms with Gasteiger partial charge in [0.05, 0.1) is 16.8 Å². The number of carbonyl (C=O) groups is 1. The van der Waals surface area contributed by atoms with Gasteiger partial charge in [0.2, 0.25) is 0 Å². The normalized spacial score (nSPS) is 16.4. The van der Waals surface area contributed by atoms with Crippen molar-refractivity contribution >= 4 is 53.3 Å². The van der Waals surface area contributed by atoms with Crippen LogP contribution in [0.2, 0.25) is 0 Å². The summed E-state index contributed by atoms with van der Waals surface area (Å²) in [5, 5.41) is 3.81.